The number of nitrogens with zero attached hydrogens (tertiary/aromatic N) is 1. The monoisotopic (exact) mass is 1110 g/mol. The van der Waals surface area contributed by atoms with Crippen molar-refractivity contribution in [2.45, 2.75) is 53.7 Å². The van der Waals surface area contributed by atoms with E-state index in [2.05, 4.69) is 21.9 Å². The van der Waals surface area contributed by atoms with Gasteiger partial charge in [-0.3, -0.25) is 9.03 Å². The molecule has 60 heavy (non-hydrogen) atoms. The second kappa shape index (κ2) is 17.2. The lowest BCUT2D eigenvalue weighted by molar-refractivity contribution is 0.0857. The van der Waals surface area contributed by atoms with E-state index in [1.54, 1.807) is 22.6 Å². The van der Waals surface area contributed by atoms with Gasteiger partial charge in [-0.05, 0) is 114 Å². The molecule has 22 heteroatoms. The molecule has 5 N–H and O–H groups in total. The SMILES string of the molecule is C=CCC1(S(=O)(=O)Nc2c(OC)cc(F)c(F)c2Nc2ccc(I)cc2F)CC1N(c1c(OC)cc(F)c(F)c1Nc1ccc(I)cc1F)S(=O)(=O)C1(CC(O)CO)CC1. The van der Waals surface area contributed by atoms with Gasteiger partial charge in [-0.15, -0.1) is 6.58 Å². The number of hydrogen-bond donors (Lipinski definition) is 5. The minimum absolute atomic E-state index is 0.119. The predicted octanol–water partition coefficient (Wildman–Crippen LogP) is 8.18. The third-order valence-corrected chi connectivity index (χ3v) is 16.5. The maximum Gasteiger partial charge on any atom is 0.241 e. The molecule has 4 aromatic rings. The van der Waals surface area contributed by atoms with Gasteiger partial charge in [-0.25, -0.2) is 43.2 Å². The molecule has 2 fully saturated rings. The van der Waals surface area contributed by atoms with Crippen molar-refractivity contribution in [3.8, 4) is 11.5 Å². The summed E-state index contributed by atoms with van der Waals surface area (Å²) in [5, 5.41) is 25.0. The Balaban J connectivity index is 1.57. The van der Waals surface area contributed by atoms with Crippen molar-refractivity contribution >= 4 is 99.4 Å². The van der Waals surface area contributed by atoms with Gasteiger partial charge in [0.25, 0.3) is 0 Å². The fourth-order valence-corrected chi connectivity index (χ4v) is 12.3. The predicted molar refractivity (Wildman–Crippen MR) is 230 cm³/mol. The van der Waals surface area contributed by atoms with E-state index >= 15 is 30.4 Å². The highest BCUT2D eigenvalue weighted by Crippen LogP contribution is 2.60. The number of methoxy groups -OCH3 is 2. The Labute approximate surface area is 368 Å². The summed E-state index contributed by atoms with van der Waals surface area (Å²) in [6.07, 6.45) is -2.40. The van der Waals surface area contributed by atoms with E-state index in [9.17, 15) is 23.0 Å². The molecule has 6 rings (SSSR count). The molecule has 4 aromatic carbocycles. The Morgan fingerprint density at radius 2 is 1.35 bits per heavy atom. The van der Waals surface area contributed by atoms with Crippen molar-refractivity contribution in [2.24, 2.45) is 0 Å². The van der Waals surface area contributed by atoms with Crippen LogP contribution in [0, 0.1) is 42.0 Å². The molecule has 2 saturated carbocycles. The van der Waals surface area contributed by atoms with Gasteiger partial charge in [-0.1, -0.05) is 6.08 Å². The van der Waals surface area contributed by atoms with Crippen molar-refractivity contribution < 1.29 is 62.9 Å². The zero-order valence-electron chi connectivity index (χ0n) is 31.4. The molecule has 0 aromatic heterocycles. The number of aliphatic hydroxyl groups excluding tert-OH is 2. The summed E-state index contributed by atoms with van der Waals surface area (Å²) in [6.45, 7) is 2.79. The van der Waals surface area contributed by atoms with Crippen LogP contribution in [0.15, 0.2) is 61.2 Å². The summed E-state index contributed by atoms with van der Waals surface area (Å²) in [5.41, 5.74) is -4.22. The Morgan fingerprint density at radius 1 is 0.833 bits per heavy atom. The summed E-state index contributed by atoms with van der Waals surface area (Å²) in [4.78, 5) is 0. The topological polar surface area (TPSA) is 167 Å². The number of anilines is 6. The third kappa shape index (κ3) is 8.30. The van der Waals surface area contributed by atoms with E-state index in [4.69, 9.17) is 9.47 Å². The molecule has 3 unspecified atom stereocenters. The van der Waals surface area contributed by atoms with E-state index in [-0.39, 0.29) is 18.5 Å². The number of hydrogen-bond acceptors (Lipinski definition) is 10. The van der Waals surface area contributed by atoms with E-state index in [1.165, 1.54) is 24.3 Å². The number of halogens is 8. The van der Waals surface area contributed by atoms with Gasteiger partial charge in [0.15, 0.2) is 23.3 Å². The van der Waals surface area contributed by atoms with Gasteiger partial charge >= 0.3 is 0 Å². The summed E-state index contributed by atoms with van der Waals surface area (Å²) < 4.78 is 163. The van der Waals surface area contributed by atoms with Gasteiger partial charge < -0.3 is 30.3 Å². The van der Waals surface area contributed by atoms with Gasteiger partial charge in [0.2, 0.25) is 20.0 Å². The number of sulfonamides is 2. The van der Waals surface area contributed by atoms with Crippen LogP contribution in [-0.2, 0) is 20.0 Å². The van der Waals surface area contributed by atoms with Crippen molar-refractivity contribution in [1.29, 1.82) is 0 Å². The van der Waals surface area contributed by atoms with Crippen LogP contribution in [0.1, 0.15) is 32.1 Å². The lowest BCUT2D eigenvalue weighted by Gasteiger charge is -2.34. The average molecular weight is 1110 g/mol. The molecule has 12 nitrogen and oxygen atoms in total. The first-order valence-electron chi connectivity index (χ1n) is 17.7. The third-order valence-electron chi connectivity index (χ3n) is 10.3. The molecule has 0 aliphatic heterocycles. The van der Waals surface area contributed by atoms with Gasteiger partial charge in [0.1, 0.15) is 50.6 Å². The molecule has 0 amide bonds. The standard InChI is InChI=1S/C38H36F6I2N4O8S2/c1-4-9-38(59(53,54)49-33-28(57-2)14-24(41)31(43)34(33)47-26-7-5-19(45)12-22(26)39)17-30(38)50(60(55,56)37(10-11-37)16-21(52)18-51)36-29(58-3)15-25(42)32(44)35(36)48-27-8-6-20(46)13-23(27)40/h4-8,12-15,21,30,47-49,51-52H,1,9-11,16-18H2,2-3H3. The number of nitrogens with one attached hydrogen (secondary N) is 3. The summed E-state index contributed by atoms with van der Waals surface area (Å²) in [5.74, 6) is -9.51. The van der Waals surface area contributed by atoms with Crippen LogP contribution in [0.3, 0.4) is 0 Å². The average Bonchev–Trinajstić information content (AvgIpc) is 4.12. The maximum absolute atomic E-state index is 16.2. The molecule has 2 aliphatic rings. The van der Waals surface area contributed by atoms with Crippen LogP contribution in [-0.4, -0.2) is 69.5 Å². The first kappa shape index (κ1) is 45.8. The van der Waals surface area contributed by atoms with Crippen molar-refractivity contribution in [3.63, 3.8) is 0 Å². The smallest absolute Gasteiger partial charge is 0.241 e. The highest BCUT2D eigenvalue weighted by molar-refractivity contribution is 14.1. The first-order chi connectivity index (χ1) is 28.2. The Hall–Kier alpha value is -3.72. The second-order valence-electron chi connectivity index (χ2n) is 14.1. The number of aliphatic hydroxyl groups is 2. The molecule has 0 spiro atoms. The van der Waals surface area contributed by atoms with E-state index in [1.807, 2.05) is 22.6 Å². The van der Waals surface area contributed by atoms with Crippen LogP contribution in [0.2, 0.25) is 0 Å². The molecular weight excluding hydrogens is 1070 g/mol. The van der Waals surface area contributed by atoms with E-state index in [0.717, 1.165) is 32.4 Å². The van der Waals surface area contributed by atoms with Crippen LogP contribution in [0.4, 0.5) is 60.5 Å². The van der Waals surface area contributed by atoms with E-state index in [0.29, 0.717) is 23.6 Å². The minimum Gasteiger partial charge on any atom is -0.494 e. The Morgan fingerprint density at radius 3 is 1.83 bits per heavy atom. The number of rotatable bonds is 18. The summed E-state index contributed by atoms with van der Waals surface area (Å²) in [6, 6.07) is 6.62. The lowest BCUT2D eigenvalue weighted by Crippen LogP contribution is -2.48. The van der Waals surface area contributed by atoms with Crippen LogP contribution < -0.4 is 29.1 Å². The van der Waals surface area contributed by atoms with Crippen molar-refractivity contribution in [3.05, 3.63) is 103 Å². The molecule has 0 saturated heterocycles. The Bertz CT molecular complexity index is 2590. The fraction of sp³-hybridized carbons (Fsp3) is 0.316. The molecule has 3 atom stereocenters. The Kier molecular flexibility index (Phi) is 13.1. The normalized spacial score (nSPS) is 18.6. The molecule has 0 heterocycles. The number of ether oxygens (including phenoxy) is 2. The van der Waals surface area contributed by atoms with Gasteiger partial charge in [0, 0.05) is 19.3 Å². The second-order valence-corrected chi connectivity index (χ2v) is 20.9. The molecule has 2 aliphatic carbocycles. The lowest BCUT2D eigenvalue weighted by atomic mass is 10.2. The van der Waals surface area contributed by atoms with Gasteiger partial charge in [-0.2, -0.15) is 0 Å². The zero-order valence-corrected chi connectivity index (χ0v) is 37.4. The zero-order chi connectivity index (χ0) is 44.1. The molecule has 0 bridgehead atoms. The summed E-state index contributed by atoms with van der Waals surface area (Å²) in [7, 11) is -8.13. The van der Waals surface area contributed by atoms with Crippen molar-refractivity contribution in [1.82, 2.24) is 0 Å². The van der Waals surface area contributed by atoms with Crippen LogP contribution in [0.5, 0.6) is 11.5 Å². The molecular formula is C38H36F6I2N4O8S2. The maximum atomic E-state index is 16.2. The number of benzene rings is 4. The van der Waals surface area contributed by atoms with E-state index < -0.39 is 142 Å². The summed E-state index contributed by atoms with van der Waals surface area (Å²) >= 11 is 3.62. The highest BCUT2D eigenvalue weighted by atomic mass is 127. The fourth-order valence-electron chi connectivity index (χ4n) is 7.03. The molecule has 324 valence electrons. The van der Waals surface area contributed by atoms with Crippen LogP contribution >= 0.6 is 45.2 Å². The minimum atomic E-state index is -5.10. The van der Waals surface area contributed by atoms with Crippen molar-refractivity contribution in [2.75, 3.05) is 40.5 Å². The highest BCUT2D eigenvalue weighted by Gasteiger charge is 2.71. The first-order valence-corrected chi connectivity index (χ1v) is 22.8. The molecule has 0 radical (unpaired) electrons. The van der Waals surface area contributed by atoms with Crippen LogP contribution in [0.25, 0.3) is 0 Å². The van der Waals surface area contributed by atoms with Gasteiger partial charge in [0.05, 0.1) is 49.1 Å². The largest absolute Gasteiger partial charge is 0.494 e. The quantitative estimate of drug-likeness (QED) is 0.0373. The number of allylic oxidation sites excluding steroid dienone is 1.